The number of ether oxygens (including phenoxy) is 2. The summed E-state index contributed by atoms with van der Waals surface area (Å²) in [4.78, 5) is 12.0. The number of rotatable bonds is 5. The Morgan fingerprint density at radius 3 is 2.65 bits per heavy atom. The van der Waals surface area contributed by atoms with Crippen molar-refractivity contribution < 1.29 is 14.3 Å². The van der Waals surface area contributed by atoms with Crippen LogP contribution >= 0.6 is 11.6 Å². The van der Waals surface area contributed by atoms with Gasteiger partial charge in [-0.05, 0) is 42.8 Å². The first-order valence-electron chi connectivity index (χ1n) is 6.16. The summed E-state index contributed by atoms with van der Waals surface area (Å²) in [5, 5.41) is 0.677. The van der Waals surface area contributed by atoms with Gasteiger partial charge in [0.05, 0.1) is 7.11 Å². The number of carbonyl (C=O) groups excluding carboxylic acids is 1. The maximum atomic E-state index is 12.0. The van der Waals surface area contributed by atoms with Crippen molar-refractivity contribution in [3.63, 3.8) is 0 Å². The molecule has 0 fully saturated rings. The molecule has 0 aliphatic carbocycles. The predicted octanol–water partition coefficient (Wildman–Crippen LogP) is 3.92. The highest BCUT2D eigenvalue weighted by atomic mass is 35.5. The minimum Gasteiger partial charge on any atom is -0.497 e. The summed E-state index contributed by atoms with van der Waals surface area (Å²) in [7, 11) is 1.57. The summed E-state index contributed by atoms with van der Waals surface area (Å²) in [5.74, 6) is 1.18. The molecule has 2 aromatic carbocycles. The smallest absolute Gasteiger partial charge is 0.200 e. The lowest BCUT2D eigenvalue weighted by Gasteiger charge is -2.08. The molecule has 0 heterocycles. The highest BCUT2D eigenvalue weighted by Crippen LogP contribution is 2.21. The minimum atomic E-state index is -0.100. The molecule has 2 rings (SSSR count). The van der Waals surface area contributed by atoms with Crippen LogP contribution in [0.25, 0.3) is 0 Å². The number of carbonyl (C=O) groups is 1. The van der Waals surface area contributed by atoms with E-state index in [4.69, 9.17) is 21.1 Å². The normalized spacial score (nSPS) is 10.2. The molecular formula is C16H15ClO3. The molecule has 0 bridgehead atoms. The van der Waals surface area contributed by atoms with Gasteiger partial charge in [0.15, 0.2) is 12.4 Å². The van der Waals surface area contributed by atoms with E-state index in [0.717, 1.165) is 5.56 Å². The van der Waals surface area contributed by atoms with Crippen LogP contribution in [-0.4, -0.2) is 19.5 Å². The number of ketones is 1. The zero-order valence-corrected chi connectivity index (χ0v) is 12.1. The SMILES string of the molecule is COc1cccc(C(=O)COc2ccc(Cl)c(C)c2)c1. The lowest BCUT2D eigenvalue weighted by Crippen LogP contribution is -2.11. The fourth-order valence-corrected chi connectivity index (χ4v) is 1.85. The van der Waals surface area contributed by atoms with Gasteiger partial charge in [-0.3, -0.25) is 4.79 Å². The van der Waals surface area contributed by atoms with Gasteiger partial charge in [0.25, 0.3) is 0 Å². The van der Waals surface area contributed by atoms with Crippen molar-refractivity contribution in [1.29, 1.82) is 0 Å². The first-order valence-corrected chi connectivity index (χ1v) is 6.54. The van der Waals surface area contributed by atoms with E-state index in [2.05, 4.69) is 0 Å². The molecule has 104 valence electrons. The molecule has 2 aromatic rings. The van der Waals surface area contributed by atoms with E-state index in [-0.39, 0.29) is 12.4 Å². The topological polar surface area (TPSA) is 35.5 Å². The van der Waals surface area contributed by atoms with Crippen LogP contribution in [0.5, 0.6) is 11.5 Å². The Balaban J connectivity index is 2.02. The highest BCUT2D eigenvalue weighted by Gasteiger charge is 2.08. The summed E-state index contributed by atoms with van der Waals surface area (Å²) < 4.78 is 10.6. The van der Waals surface area contributed by atoms with Crippen molar-refractivity contribution in [1.82, 2.24) is 0 Å². The molecule has 0 amide bonds. The first kappa shape index (κ1) is 14.4. The summed E-state index contributed by atoms with van der Waals surface area (Å²) in [5.41, 5.74) is 1.48. The van der Waals surface area contributed by atoms with Gasteiger partial charge in [-0.2, -0.15) is 0 Å². The number of methoxy groups -OCH3 is 1. The second-order valence-corrected chi connectivity index (χ2v) is 4.76. The van der Waals surface area contributed by atoms with E-state index in [1.165, 1.54) is 0 Å². The van der Waals surface area contributed by atoms with Crippen LogP contribution < -0.4 is 9.47 Å². The monoisotopic (exact) mass is 290 g/mol. The summed E-state index contributed by atoms with van der Waals surface area (Å²) in [6.45, 7) is 1.87. The molecule has 3 nitrogen and oxygen atoms in total. The summed E-state index contributed by atoms with van der Waals surface area (Å²) in [6.07, 6.45) is 0. The molecule has 0 aliphatic rings. The Hall–Kier alpha value is -2.00. The van der Waals surface area contributed by atoms with Gasteiger partial charge in [0, 0.05) is 10.6 Å². The molecule has 0 atom stereocenters. The van der Waals surface area contributed by atoms with Gasteiger partial charge in [-0.1, -0.05) is 23.7 Å². The fourth-order valence-electron chi connectivity index (χ4n) is 1.74. The highest BCUT2D eigenvalue weighted by molar-refractivity contribution is 6.31. The lowest BCUT2D eigenvalue weighted by molar-refractivity contribution is 0.0921. The number of hydrogen-bond acceptors (Lipinski definition) is 3. The third kappa shape index (κ3) is 3.52. The molecule has 0 saturated heterocycles. The molecule has 0 aromatic heterocycles. The van der Waals surface area contributed by atoms with E-state index in [1.807, 2.05) is 6.92 Å². The van der Waals surface area contributed by atoms with Crippen LogP contribution in [0.2, 0.25) is 5.02 Å². The molecule has 0 saturated carbocycles. The van der Waals surface area contributed by atoms with Crippen LogP contribution in [0, 0.1) is 6.92 Å². The molecule has 0 aliphatic heterocycles. The predicted molar refractivity (Wildman–Crippen MR) is 79.0 cm³/mol. The number of aryl methyl sites for hydroxylation is 1. The van der Waals surface area contributed by atoms with Crippen LogP contribution in [0.3, 0.4) is 0 Å². The molecule has 0 N–H and O–H groups in total. The van der Waals surface area contributed by atoms with E-state index < -0.39 is 0 Å². The van der Waals surface area contributed by atoms with Gasteiger partial charge < -0.3 is 9.47 Å². The molecule has 0 spiro atoms. The van der Waals surface area contributed by atoms with E-state index in [0.29, 0.717) is 22.1 Å². The van der Waals surface area contributed by atoms with Gasteiger partial charge in [-0.25, -0.2) is 0 Å². The van der Waals surface area contributed by atoms with E-state index in [1.54, 1.807) is 49.6 Å². The maximum Gasteiger partial charge on any atom is 0.200 e. The molecule has 0 radical (unpaired) electrons. The standard InChI is InChI=1S/C16H15ClO3/c1-11-8-14(6-7-15(11)17)20-10-16(18)12-4-3-5-13(9-12)19-2/h3-9H,10H2,1-2H3. The third-order valence-electron chi connectivity index (χ3n) is 2.89. The van der Waals surface area contributed by atoms with Crippen molar-refractivity contribution in [3.05, 3.63) is 58.6 Å². The average molecular weight is 291 g/mol. The van der Waals surface area contributed by atoms with Gasteiger partial charge in [-0.15, -0.1) is 0 Å². The zero-order valence-electron chi connectivity index (χ0n) is 11.4. The van der Waals surface area contributed by atoms with Crippen molar-refractivity contribution in [3.8, 4) is 11.5 Å². The van der Waals surface area contributed by atoms with Crippen molar-refractivity contribution >= 4 is 17.4 Å². The maximum absolute atomic E-state index is 12.0. The second-order valence-electron chi connectivity index (χ2n) is 4.35. The van der Waals surface area contributed by atoms with E-state index in [9.17, 15) is 4.79 Å². The van der Waals surface area contributed by atoms with Gasteiger partial charge >= 0.3 is 0 Å². The molecule has 4 heteroatoms. The largest absolute Gasteiger partial charge is 0.497 e. The number of benzene rings is 2. The Labute approximate surface area is 123 Å². The Kier molecular flexibility index (Phi) is 4.64. The van der Waals surface area contributed by atoms with Crippen LogP contribution in [0.15, 0.2) is 42.5 Å². The zero-order chi connectivity index (χ0) is 14.5. The molecule has 0 unspecified atom stereocenters. The molecule has 20 heavy (non-hydrogen) atoms. The Bertz CT molecular complexity index is 623. The van der Waals surface area contributed by atoms with Gasteiger partial charge in [0.2, 0.25) is 0 Å². The number of hydrogen-bond donors (Lipinski definition) is 0. The Morgan fingerprint density at radius 1 is 1.15 bits per heavy atom. The molecular weight excluding hydrogens is 276 g/mol. The van der Waals surface area contributed by atoms with E-state index >= 15 is 0 Å². The van der Waals surface area contributed by atoms with Crippen LogP contribution in [0.4, 0.5) is 0 Å². The lowest BCUT2D eigenvalue weighted by atomic mass is 10.1. The number of halogens is 1. The number of Topliss-reactive ketones (excluding diaryl/α,β-unsaturated/α-hetero) is 1. The minimum absolute atomic E-state index is 0.0196. The fraction of sp³-hybridized carbons (Fsp3) is 0.188. The van der Waals surface area contributed by atoms with Gasteiger partial charge in [0.1, 0.15) is 11.5 Å². The van der Waals surface area contributed by atoms with Crippen molar-refractivity contribution in [2.75, 3.05) is 13.7 Å². The Morgan fingerprint density at radius 2 is 1.95 bits per heavy atom. The average Bonchev–Trinajstić information content (AvgIpc) is 2.48. The van der Waals surface area contributed by atoms with Crippen LogP contribution in [0.1, 0.15) is 15.9 Å². The first-order chi connectivity index (χ1) is 9.60. The summed E-state index contributed by atoms with van der Waals surface area (Å²) in [6, 6.07) is 12.3. The summed E-state index contributed by atoms with van der Waals surface area (Å²) >= 11 is 5.94. The quantitative estimate of drug-likeness (QED) is 0.783. The van der Waals surface area contributed by atoms with Crippen molar-refractivity contribution in [2.45, 2.75) is 6.92 Å². The van der Waals surface area contributed by atoms with Crippen molar-refractivity contribution in [2.24, 2.45) is 0 Å². The van der Waals surface area contributed by atoms with Crippen LogP contribution in [-0.2, 0) is 0 Å². The second kappa shape index (κ2) is 6.44. The third-order valence-corrected chi connectivity index (χ3v) is 3.32.